The SMILES string of the molecule is CCc1c(C(=O)NCCOCCN)ccc(Nc2nccn3c(-c4cn(CCC(F)(F)F)nc4C(F)(F)F)cnc23)c1OC=O. The van der Waals surface area contributed by atoms with E-state index in [1.54, 1.807) is 6.92 Å². The molecule has 3 heterocycles. The lowest BCUT2D eigenvalue weighted by Crippen LogP contribution is -2.29. The minimum absolute atomic E-state index is 0.0143. The molecule has 3 aromatic heterocycles. The summed E-state index contributed by atoms with van der Waals surface area (Å²) in [4.78, 5) is 32.7. The minimum atomic E-state index is -4.97. The molecule has 0 atom stereocenters. The Bertz CT molecular complexity index is 1650. The molecule has 0 saturated carbocycles. The second-order valence-corrected chi connectivity index (χ2v) is 9.45. The summed E-state index contributed by atoms with van der Waals surface area (Å²) in [6, 6.07) is 2.95. The molecule has 0 aliphatic heterocycles. The Morgan fingerprint density at radius 3 is 2.58 bits per heavy atom. The van der Waals surface area contributed by atoms with Crippen molar-refractivity contribution in [3.63, 3.8) is 0 Å². The van der Waals surface area contributed by atoms with Gasteiger partial charge in [-0.25, -0.2) is 9.97 Å². The Kier molecular flexibility index (Phi) is 10.3. The second-order valence-electron chi connectivity index (χ2n) is 9.45. The fourth-order valence-corrected chi connectivity index (χ4v) is 4.50. The number of alkyl halides is 6. The molecule has 4 aromatic rings. The maximum Gasteiger partial charge on any atom is 0.435 e. The average Bonchev–Trinajstić information content (AvgIpc) is 3.61. The molecule has 0 radical (unpaired) electrons. The fraction of sp³-hybridized carbons (Fsp3) is 0.370. The number of ether oxygens (including phenoxy) is 2. The van der Waals surface area contributed by atoms with E-state index in [1.165, 1.54) is 28.9 Å². The van der Waals surface area contributed by atoms with Crippen LogP contribution in [0.4, 0.5) is 37.8 Å². The number of rotatable bonds is 14. The third-order valence-corrected chi connectivity index (χ3v) is 6.43. The van der Waals surface area contributed by atoms with Gasteiger partial charge in [0.25, 0.3) is 12.4 Å². The van der Waals surface area contributed by atoms with Crippen molar-refractivity contribution in [1.82, 2.24) is 29.5 Å². The molecule has 1 amide bonds. The lowest BCUT2D eigenvalue weighted by atomic mass is 10.0. The molecule has 45 heavy (non-hydrogen) atoms. The lowest BCUT2D eigenvalue weighted by Gasteiger charge is -2.17. The van der Waals surface area contributed by atoms with Crippen molar-refractivity contribution < 1.29 is 45.4 Å². The first-order valence-electron chi connectivity index (χ1n) is 13.5. The maximum absolute atomic E-state index is 13.9. The van der Waals surface area contributed by atoms with Crippen LogP contribution in [0.3, 0.4) is 0 Å². The molecule has 0 fully saturated rings. The van der Waals surface area contributed by atoms with Crippen LogP contribution >= 0.6 is 0 Å². The first-order valence-corrected chi connectivity index (χ1v) is 13.5. The van der Waals surface area contributed by atoms with Gasteiger partial charge < -0.3 is 25.8 Å². The molecule has 4 N–H and O–H groups in total. The van der Waals surface area contributed by atoms with E-state index in [1.807, 2.05) is 0 Å². The molecule has 0 aliphatic rings. The quantitative estimate of drug-likeness (QED) is 0.105. The molecular weight excluding hydrogens is 614 g/mol. The van der Waals surface area contributed by atoms with Gasteiger partial charge in [0.05, 0.1) is 42.8 Å². The van der Waals surface area contributed by atoms with E-state index in [0.29, 0.717) is 23.4 Å². The number of anilines is 2. The number of imidazole rings is 1. The molecule has 4 rings (SSSR count). The third kappa shape index (κ3) is 7.88. The summed E-state index contributed by atoms with van der Waals surface area (Å²) in [5, 5.41) is 9.03. The molecule has 0 saturated heterocycles. The summed E-state index contributed by atoms with van der Waals surface area (Å²) in [6.45, 7) is 2.22. The molecule has 0 unspecified atom stereocenters. The number of benzene rings is 1. The van der Waals surface area contributed by atoms with Crippen molar-refractivity contribution in [3.8, 4) is 17.0 Å². The first-order chi connectivity index (χ1) is 21.4. The van der Waals surface area contributed by atoms with Crippen LogP contribution in [0.2, 0.25) is 0 Å². The van der Waals surface area contributed by atoms with Crippen LogP contribution in [0.1, 0.15) is 35.0 Å². The van der Waals surface area contributed by atoms with E-state index in [9.17, 15) is 35.9 Å². The zero-order chi connectivity index (χ0) is 32.8. The number of aromatic nitrogens is 5. The highest BCUT2D eigenvalue weighted by molar-refractivity contribution is 5.97. The number of carbonyl (C=O) groups excluding carboxylic acids is 2. The standard InChI is InChI=1S/C27H28F6N8O4/c1-2-16-17(25(43)36-8-12-44-11-6-34)3-4-19(21(16)45-15-42)38-23-24-37-13-20(41(24)10-7-35-23)18-14-40(9-5-26(28,29)30)39-22(18)27(31,32)33/h3-4,7,10,13-15H,2,5-6,8-9,11-12,34H2,1H3,(H,35,38)(H,36,43). The molecular formula is C27H28F6N8O4. The van der Waals surface area contributed by atoms with Crippen LogP contribution in [0, 0.1) is 0 Å². The summed E-state index contributed by atoms with van der Waals surface area (Å²) in [5.74, 6) is -0.394. The monoisotopic (exact) mass is 642 g/mol. The highest BCUT2D eigenvalue weighted by Crippen LogP contribution is 2.38. The molecule has 242 valence electrons. The van der Waals surface area contributed by atoms with Crippen LogP contribution in [0.15, 0.2) is 36.9 Å². The number of fused-ring (bicyclic) bond motifs is 1. The number of amides is 1. The topological polar surface area (TPSA) is 151 Å². The Labute approximate surface area is 251 Å². The van der Waals surface area contributed by atoms with Crippen molar-refractivity contribution in [2.45, 2.75) is 38.7 Å². The summed E-state index contributed by atoms with van der Waals surface area (Å²) in [7, 11) is 0. The zero-order valence-corrected chi connectivity index (χ0v) is 23.7. The van der Waals surface area contributed by atoms with E-state index in [4.69, 9.17) is 15.2 Å². The summed E-state index contributed by atoms with van der Waals surface area (Å²) in [5.41, 5.74) is 4.24. The van der Waals surface area contributed by atoms with Crippen molar-refractivity contribution in [1.29, 1.82) is 0 Å². The molecule has 0 bridgehead atoms. The Morgan fingerprint density at radius 2 is 1.91 bits per heavy atom. The van der Waals surface area contributed by atoms with Gasteiger partial charge in [0.1, 0.15) is 0 Å². The molecule has 0 aliphatic carbocycles. The summed E-state index contributed by atoms with van der Waals surface area (Å²) >= 11 is 0. The number of hydrogen-bond donors (Lipinski definition) is 3. The number of carbonyl (C=O) groups is 2. The molecule has 12 nitrogen and oxygen atoms in total. The van der Waals surface area contributed by atoms with Gasteiger partial charge in [-0.05, 0) is 18.6 Å². The number of aryl methyl sites for hydroxylation is 1. The van der Waals surface area contributed by atoms with Crippen LogP contribution < -0.4 is 21.1 Å². The van der Waals surface area contributed by atoms with Gasteiger partial charge >= 0.3 is 12.4 Å². The van der Waals surface area contributed by atoms with Gasteiger partial charge in [0.15, 0.2) is 22.9 Å². The highest BCUT2D eigenvalue weighted by Gasteiger charge is 2.39. The van der Waals surface area contributed by atoms with Gasteiger partial charge in [0, 0.05) is 49.4 Å². The highest BCUT2D eigenvalue weighted by atomic mass is 19.4. The van der Waals surface area contributed by atoms with E-state index in [0.717, 1.165) is 12.4 Å². The van der Waals surface area contributed by atoms with Gasteiger partial charge in [-0.15, -0.1) is 0 Å². The molecule has 0 spiro atoms. The first kappa shape index (κ1) is 33.2. The largest absolute Gasteiger partial charge is 0.435 e. The molecule has 1 aromatic carbocycles. The predicted molar refractivity (Wildman–Crippen MR) is 148 cm³/mol. The smallest absolute Gasteiger partial charge is 0.426 e. The molecule has 18 heteroatoms. The second kappa shape index (κ2) is 13.9. The van der Waals surface area contributed by atoms with Gasteiger partial charge in [0.2, 0.25) is 0 Å². The zero-order valence-electron chi connectivity index (χ0n) is 23.7. The van der Waals surface area contributed by atoms with Crippen molar-refractivity contribution >= 4 is 29.5 Å². The van der Waals surface area contributed by atoms with Gasteiger partial charge in [-0.1, -0.05) is 6.92 Å². The summed E-state index contributed by atoms with van der Waals surface area (Å²) in [6.07, 6.45) is -6.10. The normalized spacial score (nSPS) is 12.0. The van der Waals surface area contributed by atoms with Crippen LogP contribution in [-0.2, 0) is 28.7 Å². The number of halogens is 6. The Morgan fingerprint density at radius 1 is 1.13 bits per heavy atom. The number of nitrogens with zero attached hydrogens (tertiary/aromatic N) is 5. The van der Waals surface area contributed by atoms with E-state index in [-0.39, 0.29) is 60.2 Å². The fourth-order valence-electron chi connectivity index (χ4n) is 4.50. The minimum Gasteiger partial charge on any atom is -0.426 e. The van der Waals surface area contributed by atoms with Gasteiger partial charge in [-0.2, -0.15) is 31.4 Å². The lowest BCUT2D eigenvalue weighted by molar-refractivity contribution is -0.142. The predicted octanol–water partition coefficient (Wildman–Crippen LogP) is 4.11. The van der Waals surface area contributed by atoms with E-state index in [2.05, 4.69) is 25.7 Å². The van der Waals surface area contributed by atoms with Crippen molar-refractivity contribution in [2.24, 2.45) is 5.73 Å². The Balaban J connectivity index is 1.69. The van der Waals surface area contributed by atoms with Crippen LogP contribution in [0.25, 0.3) is 16.9 Å². The number of hydrogen-bond acceptors (Lipinski definition) is 9. The number of nitrogens with two attached hydrogens (primary N) is 1. The van der Waals surface area contributed by atoms with E-state index < -0.39 is 42.5 Å². The maximum atomic E-state index is 13.9. The van der Waals surface area contributed by atoms with Crippen LogP contribution in [-0.4, -0.2) is 69.0 Å². The Hall–Kier alpha value is -4.71. The third-order valence-electron chi connectivity index (χ3n) is 6.43. The summed E-state index contributed by atoms with van der Waals surface area (Å²) < 4.78 is 92.0. The van der Waals surface area contributed by atoms with E-state index >= 15 is 0 Å². The van der Waals surface area contributed by atoms with Crippen molar-refractivity contribution in [3.05, 3.63) is 53.7 Å². The number of nitrogens with one attached hydrogen (secondary N) is 2. The van der Waals surface area contributed by atoms with Gasteiger partial charge in [-0.3, -0.25) is 18.7 Å². The van der Waals surface area contributed by atoms with Crippen LogP contribution in [0.5, 0.6) is 5.75 Å². The average molecular weight is 643 g/mol. The van der Waals surface area contributed by atoms with Crippen molar-refractivity contribution in [2.75, 3.05) is 31.6 Å².